The number of hydrogen-bond donors (Lipinski definition) is 1. The Bertz CT molecular complexity index is 833. The molecule has 1 aliphatic rings. The van der Waals surface area contributed by atoms with Crippen LogP contribution in [-0.2, 0) is 17.9 Å². The third-order valence-electron chi connectivity index (χ3n) is 3.98. The second-order valence-electron chi connectivity index (χ2n) is 7.09. The summed E-state index contributed by atoms with van der Waals surface area (Å²) in [6.07, 6.45) is 2.04. The molecule has 0 saturated heterocycles. The van der Waals surface area contributed by atoms with Gasteiger partial charge in [-0.2, -0.15) is 0 Å². The molecule has 0 radical (unpaired) electrons. The van der Waals surface area contributed by atoms with E-state index < -0.39 is 0 Å². The molecule has 0 fully saturated rings. The summed E-state index contributed by atoms with van der Waals surface area (Å²) in [6.45, 7) is 8.04. The molecule has 2 aromatic rings. The van der Waals surface area contributed by atoms with Crippen molar-refractivity contribution in [3.05, 3.63) is 47.4 Å². The van der Waals surface area contributed by atoms with Gasteiger partial charge in [0.25, 0.3) is 0 Å². The molecule has 5 nitrogen and oxygen atoms in total. The average molecular weight is 322 g/mol. The third kappa shape index (κ3) is 3.43. The molecule has 24 heavy (non-hydrogen) atoms. The maximum atomic E-state index is 12.4. The van der Waals surface area contributed by atoms with Crippen molar-refractivity contribution in [2.24, 2.45) is 5.41 Å². The van der Waals surface area contributed by atoms with E-state index in [9.17, 15) is 4.79 Å². The summed E-state index contributed by atoms with van der Waals surface area (Å²) in [6, 6.07) is 7.46. The predicted molar refractivity (Wildman–Crippen MR) is 93.9 cm³/mol. The van der Waals surface area contributed by atoms with Gasteiger partial charge in [0.05, 0.1) is 6.54 Å². The zero-order valence-corrected chi connectivity index (χ0v) is 14.3. The molecule has 2 aromatic heterocycles. The first kappa shape index (κ1) is 16.1. The molecule has 0 saturated carbocycles. The van der Waals surface area contributed by atoms with Crippen LogP contribution in [0.25, 0.3) is 0 Å². The van der Waals surface area contributed by atoms with Crippen molar-refractivity contribution >= 4 is 11.7 Å². The second kappa shape index (κ2) is 6.04. The second-order valence-corrected chi connectivity index (χ2v) is 7.09. The summed E-state index contributed by atoms with van der Waals surface area (Å²) in [5.74, 6) is 6.82. The lowest BCUT2D eigenvalue weighted by Crippen LogP contribution is -2.43. The maximum absolute atomic E-state index is 12.4. The highest BCUT2D eigenvalue weighted by molar-refractivity contribution is 5.81. The molecule has 0 bridgehead atoms. The largest absolute Gasteiger partial charge is 0.384 e. The molecule has 1 amide bonds. The summed E-state index contributed by atoms with van der Waals surface area (Å²) in [5.41, 5.74) is 8.02. The summed E-state index contributed by atoms with van der Waals surface area (Å²) >= 11 is 0. The Hall–Kier alpha value is -2.74. The number of nitrogens with zero attached hydrogens (tertiary/aromatic N) is 3. The van der Waals surface area contributed by atoms with Crippen molar-refractivity contribution in [3.63, 3.8) is 0 Å². The molecular formula is C19H22N4O. The Morgan fingerprint density at radius 1 is 1.25 bits per heavy atom. The quantitative estimate of drug-likeness (QED) is 0.757. The Morgan fingerprint density at radius 3 is 2.75 bits per heavy atom. The molecule has 0 atom stereocenters. The van der Waals surface area contributed by atoms with Crippen LogP contribution in [0.15, 0.2) is 30.5 Å². The van der Waals surface area contributed by atoms with E-state index >= 15 is 0 Å². The van der Waals surface area contributed by atoms with Gasteiger partial charge in [0, 0.05) is 36.0 Å². The lowest BCUT2D eigenvalue weighted by molar-refractivity contribution is -0.140. The van der Waals surface area contributed by atoms with Crippen molar-refractivity contribution in [3.8, 4) is 11.8 Å². The highest BCUT2D eigenvalue weighted by Crippen LogP contribution is 2.22. The van der Waals surface area contributed by atoms with E-state index in [1.54, 1.807) is 6.07 Å². The van der Waals surface area contributed by atoms with Gasteiger partial charge in [-0.15, -0.1) is 0 Å². The molecule has 0 spiro atoms. The summed E-state index contributed by atoms with van der Waals surface area (Å²) in [4.78, 5) is 18.5. The topological polar surface area (TPSA) is 64.2 Å². The van der Waals surface area contributed by atoms with E-state index in [4.69, 9.17) is 5.73 Å². The summed E-state index contributed by atoms with van der Waals surface area (Å²) < 4.78 is 2.17. The summed E-state index contributed by atoms with van der Waals surface area (Å²) in [7, 11) is 0. The smallest absolute Gasteiger partial charge is 0.228 e. The fourth-order valence-corrected chi connectivity index (χ4v) is 2.77. The first-order chi connectivity index (χ1) is 11.3. The monoisotopic (exact) mass is 322 g/mol. The van der Waals surface area contributed by atoms with Crippen LogP contribution >= 0.6 is 0 Å². The first-order valence-electron chi connectivity index (χ1n) is 8.06. The standard InChI is InChI=1S/C19H22N4O/c1-19(2,3)18(24)23-10-9-22-12-14(11-16(22)13-23)7-8-15-5-4-6-17(20)21-15/h4-6,11-12H,9-10,13H2,1-3H3,(H2,20,21). The minimum atomic E-state index is -0.351. The maximum Gasteiger partial charge on any atom is 0.228 e. The van der Waals surface area contributed by atoms with Crippen LogP contribution in [0.5, 0.6) is 0 Å². The van der Waals surface area contributed by atoms with Crippen molar-refractivity contribution < 1.29 is 4.79 Å². The van der Waals surface area contributed by atoms with Gasteiger partial charge in [-0.05, 0) is 24.1 Å². The van der Waals surface area contributed by atoms with Crippen molar-refractivity contribution in [2.75, 3.05) is 12.3 Å². The van der Waals surface area contributed by atoms with Gasteiger partial charge in [0.2, 0.25) is 5.91 Å². The number of carbonyl (C=O) groups is 1. The average Bonchev–Trinajstić information content (AvgIpc) is 2.93. The normalized spacial score (nSPS) is 13.9. The number of rotatable bonds is 0. The number of fused-ring (bicyclic) bond motifs is 1. The number of aromatic nitrogens is 2. The molecule has 5 heteroatoms. The lowest BCUT2D eigenvalue weighted by Gasteiger charge is -2.33. The van der Waals surface area contributed by atoms with Gasteiger partial charge in [0.1, 0.15) is 11.5 Å². The number of pyridine rings is 1. The summed E-state index contributed by atoms with van der Waals surface area (Å²) in [5, 5.41) is 0. The minimum Gasteiger partial charge on any atom is -0.384 e. The van der Waals surface area contributed by atoms with Crippen LogP contribution in [0.4, 0.5) is 5.82 Å². The number of nitrogen functional groups attached to an aromatic ring is 1. The van der Waals surface area contributed by atoms with E-state index in [2.05, 4.69) is 21.4 Å². The van der Waals surface area contributed by atoms with E-state index in [0.29, 0.717) is 18.1 Å². The zero-order chi connectivity index (χ0) is 17.3. The Morgan fingerprint density at radius 2 is 2.04 bits per heavy atom. The van der Waals surface area contributed by atoms with Gasteiger partial charge in [-0.25, -0.2) is 4.98 Å². The number of carbonyl (C=O) groups excluding carboxylic acids is 1. The Kier molecular flexibility index (Phi) is 4.06. The number of nitrogens with two attached hydrogens (primary N) is 1. The number of hydrogen-bond acceptors (Lipinski definition) is 3. The van der Waals surface area contributed by atoms with E-state index in [-0.39, 0.29) is 11.3 Å². The molecule has 0 aromatic carbocycles. The van der Waals surface area contributed by atoms with Crippen LogP contribution < -0.4 is 5.73 Å². The molecule has 0 unspecified atom stereocenters. The van der Waals surface area contributed by atoms with Crippen LogP contribution in [0, 0.1) is 17.3 Å². The van der Waals surface area contributed by atoms with Gasteiger partial charge < -0.3 is 15.2 Å². The van der Waals surface area contributed by atoms with Gasteiger partial charge in [0.15, 0.2) is 0 Å². The molecule has 2 N–H and O–H groups in total. The molecular weight excluding hydrogens is 300 g/mol. The fraction of sp³-hybridized carbons (Fsp3) is 0.368. The molecule has 0 aliphatic carbocycles. The molecule has 124 valence electrons. The Balaban J connectivity index is 1.78. The van der Waals surface area contributed by atoms with Crippen LogP contribution in [0.1, 0.15) is 37.7 Å². The minimum absolute atomic E-state index is 0.187. The van der Waals surface area contributed by atoms with Crippen molar-refractivity contribution in [2.45, 2.75) is 33.9 Å². The van der Waals surface area contributed by atoms with Crippen LogP contribution in [-0.4, -0.2) is 26.9 Å². The number of amides is 1. The van der Waals surface area contributed by atoms with Crippen LogP contribution in [0.3, 0.4) is 0 Å². The molecule has 3 rings (SSSR count). The van der Waals surface area contributed by atoms with Gasteiger partial charge >= 0.3 is 0 Å². The van der Waals surface area contributed by atoms with Crippen molar-refractivity contribution in [1.82, 2.24) is 14.5 Å². The molecule has 3 heterocycles. The predicted octanol–water partition coefficient (Wildman–Crippen LogP) is 2.25. The number of anilines is 1. The highest BCUT2D eigenvalue weighted by atomic mass is 16.2. The zero-order valence-electron chi connectivity index (χ0n) is 14.3. The Labute approximate surface area is 142 Å². The SMILES string of the molecule is CC(C)(C)C(=O)N1CCn2cc(C#Cc3cccc(N)n3)cc2C1. The third-order valence-corrected chi connectivity index (χ3v) is 3.98. The van der Waals surface area contributed by atoms with Gasteiger partial charge in [-0.1, -0.05) is 32.8 Å². The van der Waals surface area contributed by atoms with E-state index in [1.807, 2.05) is 50.1 Å². The molecule has 1 aliphatic heterocycles. The van der Waals surface area contributed by atoms with E-state index in [1.165, 1.54) is 0 Å². The van der Waals surface area contributed by atoms with Gasteiger partial charge in [-0.3, -0.25) is 4.79 Å². The first-order valence-corrected chi connectivity index (χ1v) is 8.06. The fourth-order valence-electron chi connectivity index (χ4n) is 2.77. The van der Waals surface area contributed by atoms with Crippen LogP contribution in [0.2, 0.25) is 0 Å². The lowest BCUT2D eigenvalue weighted by atomic mass is 9.94. The van der Waals surface area contributed by atoms with E-state index in [0.717, 1.165) is 24.3 Å². The highest BCUT2D eigenvalue weighted by Gasteiger charge is 2.29. The van der Waals surface area contributed by atoms with Crippen molar-refractivity contribution in [1.29, 1.82) is 0 Å².